The summed E-state index contributed by atoms with van der Waals surface area (Å²) in [6.45, 7) is 1.75. The molecule has 0 fully saturated rings. The summed E-state index contributed by atoms with van der Waals surface area (Å²) in [6, 6.07) is 20.9. The SMILES string of the molecule is COc1ccc(NC(=O)C(C)C(=O)NN=Cc2cc(Cl)ccc2OCc2ccc(C#N)cc2)cc1. The fourth-order valence-corrected chi connectivity index (χ4v) is 3.07. The average molecular weight is 491 g/mol. The molecule has 0 aliphatic heterocycles. The Hall–Kier alpha value is -4.35. The van der Waals surface area contributed by atoms with Crippen LogP contribution in [0.4, 0.5) is 5.69 Å². The van der Waals surface area contributed by atoms with Crippen molar-refractivity contribution >= 4 is 35.3 Å². The molecule has 0 spiro atoms. The van der Waals surface area contributed by atoms with Gasteiger partial charge in [0.25, 0.3) is 5.91 Å². The second-order valence-corrected chi connectivity index (χ2v) is 7.89. The first-order valence-electron chi connectivity index (χ1n) is 10.6. The summed E-state index contributed by atoms with van der Waals surface area (Å²) in [5.74, 6) is -0.876. The molecule has 0 bridgehead atoms. The van der Waals surface area contributed by atoms with Crippen molar-refractivity contribution in [3.8, 4) is 17.6 Å². The molecule has 0 aromatic heterocycles. The van der Waals surface area contributed by atoms with Crippen LogP contribution in [0.3, 0.4) is 0 Å². The van der Waals surface area contributed by atoms with E-state index in [1.165, 1.54) is 13.1 Å². The van der Waals surface area contributed by atoms with Crippen LogP contribution in [0, 0.1) is 17.2 Å². The van der Waals surface area contributed by atoms with Crippen molar-refractivity contribution in [2.24, 2.45) is 11.0 Å². The van der Waals surface area contributed by atoms with Gasteiger partial charge in [-0.05, 0) is 67.1 Å². The Kier molecular flexibility index (Phi) is 8.82. The van der Waals surface area contributed by atoms with E-state index in [1.807, 2.05) is 0 Å². The zero-order valence-electron chi connectivity index (χ0n) is 19.1. The number of hydrazone groups is 1. The van der Waals surface area contributed by atoms with Crippen molar-refractivity contribution < 1.29 is 19.1 Å². The van der Waals surface area contributed by atoms with Gasteiger partial charge in [0.15, 0.2) is 0 Å². The summed E-state index contributed by atoms with van der Waals surface area (Å²) in [7, 11) is 1.55. The molecular formula is C26H23ClN4O4. The van der Waals surface area contributed by atoms with Crippen molar-refractivity contribution in [3.05, 3.63) is 88.4 Å². The number of hydrogen-bond acceptors (Lipinski definition) is 6. The minimum Gasteiger partial charge on any atom is -0.497 e. The van der Waals surface area contributed by atoms with Crippen LogP contribution in [0.5, 0.6) is 11.5 Å². The number of amides is 2. The third-order valence-electron chi connectivity index (χ3n) is 4.97. The molecule has 0 radical (unpaired) electrons. The van der Waals surface area contributed by atoms with Crippen LogP contribution in [-0.2, 0) is 16.2 Å². The third-order valence-corrected chi connectivity index (χ3v) is 5.21. The lowest BCUT2D eigenvalue weighted by atomic mass is 10.1. The summed E-state index contributed by atoms with van der Waals surface area (Å²) >= 11 is 6.10. The zero-order chi connectivity index (χ0) is 25.2. The first-order valence-corrected chi connectivity index (χ1v) is 11.0. The number of anilines is 1. The number of nitrogens with zero attached hydrogens (tertiary/aromatic N) is 2. The molecule has 0 aliphatic carbocycles. The van der Waals surface area contributed by atoms with E-state index >= 15 is 0 Å². The van der Waals surface area contributed by atoms with Gasteiger partial charge in [0.2, 0.25) is 5.91 Å². The van der Waals surface area contributed by atoms with Crippen LogP contribution >= 0.6 is 11.6 Å². The van der Waals surface area contributed by atoms with Crippen LogP contribution in [0.15, 0.2) is 71.8 Å². The minimum absolute atomic E-state index is 0.267. The van der Waals surface area contributed by atoms with E-state index in [2.05, 4.69) is 21.9 Å². The maximum absolute atomic E-state index is 12.4. The van der Waals surface area contributed by atoms with E-state index < -0.39 is 17.7 Å². The van der Waals surface area contributed by atoms with Gasteiger partial charge < -0.3 is 14.8 Å². The lowest BCUT2D eigenvalue weighted by Crippen LogP contribution is -2.34. The van der Waals surface area contributed by atoms with Gasteiger partial charge in [-0.15, -0.1) is 0 Å². The number of rotatable bonds is 9. The van der Waals surface area contributed by atoms with Crippen LogP contribution in [0.2, 0.25) is 5.02 Å². The lowest BCUT2D eigenvalue weighted by molar-refractivity contribution is -0.131. The Morgan fingerprint density at radius 1 is 1.09 bits per heavy atom. The molecule has 1 unspecified atom stereocenters. The van der Waals surface area contributed by atoms with Crippen molar-refractivity contribution in [2.75, 3.05) is 12.4 Å². The van der Waals surface area contributed by atoms with Gasteiger partial charge in [0, 0.05) is 16.3 Å². The van der Waals surface area contributed by atoms with Gasteiger partial charge in [-0.1, -0.05) is 23.7 Å². The van der Waals surface area contributed by atoms with E-state index in [0.29, 0.717) is 33.3 Å². The fourth-order valence-electron chi connectivity index (χ4n) is 2.89. The van der Waals surface area contributed by atoms with Crippen molar-refractivity contribution in [1.29, 1.82) is 5.26 Å². The summed E-state index contributed by atoms with van der Waals surface area (Å²) in [5.41, 5.74) is 4.90. The quantitative estimate of drug-likeness (QED) is 0.260. The monoisotopic (exact) mass is 490 g/mol. The number of hydrogen-bond donors (Lipinski definition) is 2. The highest BCUT2D eigenvalue weighted by molar-refractivity contribution is 6.30. The van der Waals surface area contributed by atoms with Gasteiger partial charge in [-0.25, -0.2) is 5.43 Å². The molecule has 3 rings (SSSR count). The fraction of sp³-hybridized carbons (Fsp3) is 0.154. The summed E-state index contributed by atoms with van der Waals surface area (Å²) in [6.07, 6.45) is 1.39. The van der Waals surface area contributed by atoms with Crippen LogP contribution in [0.25, 0.3) is 0 Å². The molecule has 2 N–H and O–H groups in total. The van der Waals surface area contributed by atoms with Gasteiger partial charge in [-0.3, -0.25) is 9.59 Å². The predicted molar refractivity (Wildman–Crippen MR) is 133 cm³/mol. The molecule has 9 heteroatoms. The standard InChI is InChI=1S/C26H23ClN4O4/c1-17(25(32)30-22-8-10-23(34-2)11-9-22)26(33)31-29-15-20-13-21(27)7-12-24(20)35-16-19-5-3-18(14-28)4-6-19/h3-13,15,17H,16H2,1-2H3,(H,30,32)(H,31,33). The van der Waals surface area contributed by atoms with E-state index in [0.717, 1.165) is 5.56 Å². The minimum atomic E-state index is -0.985. The van der Waals surface area contributed by atoms with Gasteiger partial charge in [0.05, 0.1) is 25.0 Å². The number of benzene rings is 3. The molecule has 1 atom stereocenters. The molecule has 35 heavy (non-hydrogen) atoms. The number of carbonyl (C=O) groups is 2. The van der Waals surface area contributed by atoms with E-state index in [9.17, 15) is 9.59 Å². The topological polar surface area (TPSA) is 113 Å². The van der Waals surface area contributed by atoms with Crippen molar-refractivity contribution in [1.82, 2.24) is 5.43 Å². The molecular weight excluding hydrogens is 468 g/mol. The Morgan fingerprint density at radius 2 is 1.80 bits per heavy atom. The van der Waals surface area contributed by atoms with E-state index in [-0.39, 0.29) is 6.61 Å². The Balaban J connectivity index is 1.58. The maximum Gasteiger partial charge on any atom is 0.252 e. The number of carbonyl (C=O) groups excluding carboxylic acids is 2. The van der Waals surface area contributed by atoms with E-state index in [1.54, 1.807) is 73.8 Å². The lowest BCUT2D eigenvalue weighted by Gasteiger charge is -2.12. The molecule has 3 aromatic rings. The Morgan fingerprint density at radius 3 is 2.46 bits per heavy atom. The van der Waals surface area contributed by atoms with Gasteiger partial charge >= 0.3 is 0 Å². The van der Waals surface area contributed by atoms with Crippen molar-refractivity contribution in [3.63, 3.8) is 0 Å². The predicted octanol–water partition coefficient (Wildman–Crippen LogP) is 4.52. The summed E-state index contributed by atoms with van der Waals surface area (Å²) in [5, 5.41) is 16.0. The highest BCUT2D eigenvalue weighted by atomic mass is 35.5. The summed E-state index contributed by atoms with van der Waals surface area (Å²) < 4.78 is 10.9. The molecule has 0 aliphatic rings. The Bertz CT molecular complexity index is 1250. The number of nitriles is 1. The van der Waals surface area contributed by atoms with Gasteiger partial charge in [-0.2, -0.15) is 10.4 Å². The third kappa shape index (κ3) is 7.32. The second kappa shape index (κ2) is 12.2. The molecule has 3 aromatic carbocycles. The summed E-state index contributed by atoms with van der Waals surface area (Å²) in [4.78, 5) is 24.8. The van der Waals surface area contributed by atoms with Crippen molar-refractivity contribution in [2.45, 2.75) is 13.5 Å². The molecule has 178 valence electrons. The average Bonchev–Trinajstić information content (AvgIpc) is 2.88. The largest absolute Gasteiger partial charge is 0.497 e. The Labute approximate surface area is 208 Å². The number of halogens is 1. The smallest absolute Gasteiger partial charge is 0.252 e. The molecule has 2 amide bonds. The highest BCUT2D eigenvalue weighted by Gasteiger charge is 2.21. The van der Waals surface area contributed by atoms with Crippen LogP contribution in [0.1, 0.15) is 23.6 Å². The normalized spacial score (nSPS) is 11.4. The molecule has 0 saturated heterocycles. The van der Waals surface area contributed by atoms with E-state index in [4.69, 9.17) is 26.3 Å². The highest BCUT2D eigenvalue weighted by Crippen LogP contribution is 2.23. The van der Waals surface area contributed by atoms with Crippen LogP contribution < -0.4 is 20.2 Å². The second-order valence-electron chi connectivity index (χ2n) is 7.45. The molecule has 0 saturated carbocycles. The molecule has 8 nitrogen and oxygen atoms in total. The van der Waals surface area contributed by atoms with Crippen LogP contribution in [-0.4, -0.2) is 25.1 Å². The maximum atomic E-state index is 12.4. The number of ether oxygens (including phenoxy) is 2. The first kappa shape index (κ1) is 25.3. The first-order chi connectivity index (χ1) is 16.9. The molecule has 0 heterocycles. The van der Waals surface area contributed by atoms with Gasteiger partial charge in [0.1, 0.15) is 24.0 Å². The number of methoxy groups -OCH3 is 1. The number of nitrogens with one attached hydrogen (secondary N) is 2. The zero-order valence-corrected chi connectivity index (χ0v) is 19.9.